The molecule has 0 saturated carbocycles. The van der Waals surface area contributed by atoms with Crippen molar-refractivity contribution in [1.82, 2.24) is 4.98 Å². The predicted molar refractivity (Wildman–Crippen MR) is 67.1 cm³/mol. The number of carboxylic acids is 1. The number of carboxylic acid groups (broad SMARTS) is 1. The molecule has 17 heavy (non-hydrogen) atoms. The highest BCUT2D eigenvalue weighted by Gasteiger charge is 2.06. The maximum Gasteiger partial charge on any atom is 0.354 e. The molecule has 1 N–H and O–H groups in total. The standard InChI is InChI=1S/C10H13NO4S2/c1-17(14,15)6-5-16-7-8-3-2-4-9(11-8)10(12)13/h2-4H,5-7H2,1H3,(H,12,13). The quantitative estimate of drug-likeness (QED) is 0.781. The lowest BCUT2D eigenvalue weighted by Crippen LogP contribution is -2.06. The first kappa shape index (κ1) is 14.0. The fraction of sp³-hybridized carbons (Fsp3) is 0.400. The Morgan fingerprint density at radius 1 is 1.47 bits per heavy atom. The zero-order valence-electron chi connectivity index (χ0n) is 9.29. The van der Waals surface area contributed by atoms with Crippen LogP contribution in [0.3, 0.4) is 0 Å². The summed E-state index contributed by atoms with van der Waals surface area (Å²) in [6, 6.07) is 4.77. The van der Waals surface area contributed by atoms with E-state index in [9.17, 15) is 13.2 Å². The molecule has 0 spiro atoms. The number of hydrogen-bond acceptors (Lipinski definition) is 5. The van der Waals surface area contributed by atoms with Crippen LogP contribution in [0.5, 0.6) is 0 Å². The van der Waals surface area contributed by atoms with Crippen molar-refractivity contribution in [2.75, 3.05) is 17.8 Å². The van der Waals surface area contributed by atoms with Crippen LogP contribution in [0.1, 0.15) is 16.2 Å². The normalized spacial score (nSPS) is 11.4. The van der Waals surface area contributed by atoms with Crippen LogP contribution in [0.2, 0.25) is 0 Å². The van der Waals surface area contributed by atoms with Crippen LogP contribution in [0.25, 0.3) is 0 Å². The highest BCUT2D eigenvalue weighted by Crippen LogP contribution is 2.11. The van der Waals surface area contributed by atoms with Crippen molar-refractivity contribution in [1.29, 1.82) is 0 Å². The van der Waals surface area contributed by atoms with Crippen LogP contribution in [0.15, 0.2) is 18.2 Å². The summed E-state index contributed by atoms with van der Waals surface area (Å²) < 4.78 is 21.8. The third-order valence-electron chi connectivity index (χ3n) is 1.87. The Kier molecular flexibility index (Phi) is 4.95. The molecular formula is C10H13NO4S2. The number of pyridine rings is 1. The van der Waals surface area contributed by atoms with Crippen molar-refractivity contribution in [2.45, 2.75) is 5.75 Å². The fourth-order valence-corrected chi connectivity index (χ4v) is 3.26. The predicted octanol–water partition coefficient (Wildman–Crippen LogP) is 1.06. The van der Waals surface area contributed by atoms with Gasteiger partial charge in [0.15, 0.2) is 0 Å². The van der Waals surface area contributed by atoms with E-state index in [1.165, 1.54) is 24.1 Å². The third kappa shape index (κ3) is 5.69. The van der Waals surface area contributed by atoms with E-state index in [0.29, 0.717) is 17.2 Å². The fourth-order valence-electron chi connectivity index (χ4n) is 1.07. The Balaban J connectivity index is 2.47. The van der Waals surface area contributed by atoms with Crippen molar-refractivity contribution in [3.63, 3.8) is 0 Å². The minimum Gasteiger partial charge on any atom is -0.477 e. The van der Waals surface area contributed by atoms with E-state index in [-0.39, 0.29) is 11.4 Å². The number of sulfone groups is 1. The minimum absolute atomic E-state index is 0.00575. The van der Waals surface area contributed by atoms with Gasteiger partial charge in [-0.25, -0.2) is 18.2 Å². The Morgan fingerprint density at radius 3 is 2.76 bits per heavy atom. The molecule has 5 nitrogen and oxygen atoms in total. The van der Waals surface area contributed by atoms with Gasteiger partial charge < -0.3 is 5.11 Å². The SMILES string of the molecule is CS(=O)(=O)CCSCc1cccc(C(=O)O)n1. The Hall–Kier alpha value is -1.08. The number of aromatic carboxylic acids is 1. The first-order valence-corrected chi connectivity index (χ1v) is 8.05. The summed E-state index contributed by atoms with van der Waals surface area (Å²) in [5, 5.41) is 8.74. The molecule has 1 aromatic rings. The van der Waals surface area contributed by atoms with Crippen LogP contribution in [-0.4, -0.2) is 42.2 Å². The van der Waals surface area contributed by atoms with E-state index in [2.05, 4.69) is 4.98 Å². The molecule has 0 fully saturated rings. The zero-order valence-corrected chi connectivity index (χ0v) is 10.9. The van der Waals surface area contributed by atoms with Gasteiger partial charge in [-0.1, -0.05) is 6.07 Å². The van der Waals surface area contributed by atoms with Crippen molar-refractivity contribution in [3.8, 4) is 0 Å². The van der Waals surface area contributed by atoms with Crippen molar-refractivity contribution in [3.05, 3.63) is 29.6 Å². The topological polar surface area (TPSA) is 84.3 Å². The molecule has 1 rings (SSSR count). The highest BCUT2D eigenvalue weighted by molar-refractivity contribution is 7.99. The second-order valence-electron chi connectivity index (χ2n) is 3.50. The average molecular weight is 275 g/mol. The highest BCUT2D eigenvalue weighted by atomic mass is 32.2. The summed E-state index contributed by atoms with van der Waals surface area (Å²) in [6.45, 7) is 0. The number of rotatable bonds is 6. The molecule has 0 saturated heterocycles. The third-order valence-corrected chi connectivity index (χ3v) is 4.07. The van der Waals surface area contributed by atoms with Gasteiger partial charge in [0, 0.05) is 17.8 Å². The maximum atomic E-state index is 10.9. The molecule has 0 unspecified atom stereocenters. The minimum atomic E-state index is -2.94. The van der Waals surface area contributed by atoms with E-state index < -0.39 is 15.8 Å². The van der Waals surface area contributed by atoms with Crippen molar-refractivity contribution in [2.24, 2.45) is 0 Å². The van der Waals surface area contributed by atoms with Gasteiger partial charge in [0.25, 0.3) is 0 Å². The number of aromatic nitrogens is 1. The van der Waals surface area contributed by atoms with Gasteiger partial charge in [-0.15, -0.1) is 0 Å². The van der Waals surface area contributed by atoms with E-state index in [1.54, 1.807) is 12.1 Å². The molecular weight excluding hydrogens is 262 g/mol. The van der Waals surface area contributed by atoms with Crippen LogP contribution >= 0.6 is 11.8 Å². The monoisotopic (exact) mass is 275 g/mol. The molecule has 7 heteroatoms. The molecule has 0 aliphatic carbocycles. The van der Waals surface area contributed by atoms with Crippen LogP contribution < -0.4 is 0 Å². The van der Waals surface area contributed by atoms with Crippen LogP contribution in [-0.2, 0) is 15.6 Å². The Bertz CT molecular complexity index is 499. The van der Waals surface area contributed by atoms with Gasteiger partial charge in [0.1, 0.15) is 15.5 Å². The summed E-state index contributed by atoms with van der Waals surface area (Å²) in [5.74, 6) is 0.0538. The molecule has 0 aliphatic heterocycles. The van der Waals surface area contributed by atoms with Crippen molar-refractivity contribution >= 4 is 27.6 Å². The molecule has 1 aromatic heterocycles. The second kappa shape index (κ2) is 6.02. The summed E-state index contributed by atoms with van der Waals surface area (Å²) in [4.78, 5) is 14.6. The van der Waals surface area contributed by atoms with Crippen LogP contribution in [0.4, 0.5) is 0 Å². The Morgan fingerprint density at radius 2 is 2.18 bits per heavy atom. The molecule has 0 bridgehead atoms. The Labute approximate surface area is 104 Å². The molecule has 0 aliphatic rings. The van der Waals surface area contributed by atoms with Gasteiger partial charge in [-0.2, -0.15) is 11.8 Å². The first-order chi connectivity index (χ1) is 7.88. The second-order valence-corrected chi connectivity index (χ2v) is 6.87. The van der Waals surface area contributed by atoms with Gasteiger partial charge >= 0.3 is 5.97 Å². The number of carbonyl (C=O) groups is 1. The smallest absolute Gasteiger partial charge is 0.354 e. The van der Waals surface area contributed by atoms with Crippen molar-refractivity contribution < 1.29 is 18.3 Å². The maximum absolute atomic E-state index is 10.9. The largest absolute Gasteiger partial charge is 0.477 e. The average Bonchev–Trinajstić information content (AvgIpc) is 2.23. The lowest BCUT2D eigenvalue weighted by Gasteiger charge is -2.01. The molecule has 1 heterocycles. The first-order valence-electron chi connectivity index (χ1n) is 4.83. The summed E-state index contributed by atoms with van der Waals surface area (Å²) in [6.07, 6.45) is 1.19. The van der Waals surface area contributed by atoms with Gasteiger partial charge in [0.2, 0.25) is 0 Å². The zero-order chi connectivity index (χ0) is 12.9. The number of nitrogens with zero attached hydrogens (tertiary/aromatic N) is 1. The molecule has 0 radical (unpaired) electrons. The molecule has 0 aromatic carbocycles. The molecule has 94 valence electrons. The van der Waals surface area contributed by atoms with Gasteiger partial charge in [-0.3, -0.25) is 0 Å². The summed E-state index contributed by atoms with van der Waals surface area (Å²) in [5.41, 5.74) is 0.648. The van der Waals surface area contributed by atoms with E-state index >= 15 is 0 Å². The number of hydrogen-bond donors (Lipinski definition) is 1. The lowest BCUT2D eigenvalue weighted by molar-refractivity contribution is 0.0690. The number of thioether (sulfide) groups is 1. The van der Waals surface area contributed by atoms with Gasteiger partial charge in [-0.05, 0) is 12.1 Å². The summed E-state index contributed by atoms with van der Waals surface area (Å²) >= 11 is 1.42. The molecule has 0 atom stereocenters. The lowest BCUT2D eigenvalue weighted by atomic mass is 10.3. The van der Waals surface area contributed by atoms with Crippen LogP contribution in [0, 0.1) is 0 Å². The van der Waals surface area contributed by atoms with E-state index in [0.717, 1.165) is 0 Å². The van der Waals surface area contributed by atoms with Gasteiger partial charge in [0.05, 0.1) is 11.4 Å². The summed E-state index contributed by atoms with van der Waals surface area (Å²) in [7, 11) is -2.94. The van der Waals surface area contributed by atoms with E-state index in [4.69, 9.17) is 5.11 Å². The molecule has 0 amide bonds. The van der Waals surface area contributed by atoms with E-state index in [1.807, 2.05) is 0 Å².